The molecule has 0 bridgehead atoms. The first-order chi connectivity index (χ1) is 10.7. The molecule has 0 unspecified atom stereocenters. The zero-order valence-corrected chi connectivity index (χ0v) is 17.2. The van der Waals surface area contributed by atoms with Crippen LogP contribution in [0.5, 0.6) is 0 Å². The molecule has 25 heavy (non-hydrogen) atoms. The van der Waals surface area contributed by atoms with Gasteiger partial charge in [0.05, 0.1) is 26.2 Å². The molecule has 0 aromatic rings. The first kappa shape index (κ1) is 29.7. The van der Waals surface area contributed by atoms with Crippen molar-refractivity contribution in [2.24, 2.45) is 0 Å². The standard InChI is InChI=1S/C16H36N.F6P.H3N/c1-5-9-13-17(14-10-6-2,15-11-7-3)16-12-8-4;1-7(2,3,4,5)6;/h5-16H2,1-4H3;;1H3/q+1;-1;. The maximum absolute atomic E-state index is 10.7. The van der Waals surface area contributed by atoms with Crippen LogP contribution in [0.25, 0.3) is 0 Å². The van der Waals surface area contributed by atoms with E-state index in [1.54, 1.807) is 0 Å². The summed E-state index contributed by atoms with van der Waals surface area (Å²) in [5.41, 5.74) is 0. The molecular weight excluding hydrogens is 365 g/mol. The normalized spacial score (nSPS) is 14.6. The maximum Gasteiger partial charge on any atom is -0.344 e. The van der Waals surface area contributed by atoms with Gasteiger partial charge in [0, 0.05) is 0 Å². The van der Waals surface area contributed by atoms with Crippen LogP contribution in [0.2, 0.25) is 0 Å². The van der Waals surface area contributed by atoms with Crippen LogP contribution in [0.1, 0.15) is 79.1 Å². The Kier molecular flexibility index (Phi) is 13.8. The average molecular weight is 404 g/mol. The molecular formula is C16H39F6N2P. The van der Waals surface area contributed by atoms with Crippen molar-refractivity contribution in [3.8, 4) is 0 Å². The van der Waals surface area contributed by atoms with Crippen molar-refractivity contribution >= 4 is 7.81 Å². The molecule has 160 valence electrons. The third-order valence-corrected chi connectivity index (χ3v) is 3.94. The molecule has 0 aliphatic rings. The van der Waals surface area contributed by atoms with Crippen molar-refractivity contribution in [3.63, 3.8) is 0 Å². The molecule has 0 aromatic heterocycles. The van der Waals surface area contributed by atoms with E-state index >= 15 is 0 Å². The van der Waals surface area contributed by atoms with E-state index < -0.39 is 7.81 Å². The monoisotopic (exact) mass is 404 g/mol. The van der Waals surface area contributed by atoms with Crippen molar-refractivity contribution in [1.29, 1.82) is 0 Å². The van der Waals surface area contributed by atoms with Crippen LogP contribution in [0.4, 0.5) is 25.2 Å². The number of rotatable bonds is 12. The number of halogens is 6. The summed E-state index contributed by atoms with van der Waals surface area (Å²) < 4.78 is 60.6. The van der Waals surface area contributed by atoms with Gasteiger partial charge >= 0.3 is 33.0 Å². The van der Waals surface area contributed by atoms with Crippen molar-refractivity contribution in [2.45, 2.75) is 79.1 Å². The zero-order chi connectivity index (χ0) is 19.4. The van der Waals surface area contributed by atoms with E-state index in [1.807, 2.05) is 0 Å². The summed E-state index contributed by atoms with van der Waals surface area (Å²) in [6.45, 7) is 15.0. The fraction of sp³-hybridized carbons (Fsp3) is 1.00. The van der Waals surface area contributed by atoms with Gasteiger partial charge in [-0.25, -0.2) is 0 Å². The van der Waals surface area contributed by atoms with Crippen molar-refractivity contribution in [3.05, 3.63) is 0 Å². The van der Waals surface area contributed by atoms with Gasteiger partial charge in [0.1, 0.15) is 0 Å². The van der Waals surface area contributed by atoms with E-state index in [0.717, 1.165) is 0 Å². The summed E-state index contributed by atoms with van der Waals surface area (Å²) >= 11 is 0. The Morgan fingerprint density at radius 3 is 0.800 bits per heavy atom. The largest absolute Gasteiger partial charge is 0.344 e. The minimum Gasteiger partial charge on any atom is -0.344 e. The average Bonchev–Trinajstić information content (AvgIpc) is 2.42. The fourth-order valence-corrected chi connectivity index (χ4v) is 2.64. The van der Waals surface area contributed by atoms with Gasteiger partial charge < -0.3 is 10.6 Å². The van der Waals surface area contributed by atoms with Gasteiger partial charge in [-0.05, 0) is 25.7 Å². The second-order valence-corrected chi connectivity index (χ2v) is 8.53. The summed E-state index contributed by atoms with van der Waals surface area (Å²) in [4.78, 5) is 0. The molecule has 0 saturated heterocycles. The molecule has 0 saturated carbocycles. The number of quaternary nitrogens is 1. The summed E-state index contributed by atoms with van der Waals surface area (Å²) in [5, 5.41) is 0. The Bertz CT molecular complexity index is 269. The smallest absolute Gasteiger partial charge is 0.344 e. The molecule has 3 N–H and O–H groups in total. The van der Waals surface area contributed by atoms with Gasteiger partial charge in [0.2, 0.25) is 0 Å². The summed E-state index contributed by atoms with van der Waals surface area (Å²) in [7, 11) is -10.7. The molecule has 0 atom stereocenters. The number of hydrogen-bond acceptors (Lipinski definition) is 1. The third kappa shape index (κ3) is 29.0. The Hall–Kier alpha value is -0.0700. The van der Waals surface area contributed by atoms with Crippen molar-refractivity contribution in [1.82, 2.24) is 6.15 Å². The van der Waals surface area contributed by atoms with Crippen LogP contribution >= 0.6 is 7.81 Å². The van der Waals surface area contributed by atoms with E-state index in [2.05, 4.69) is 27.7 Å². The van der Waals surface area contributed by atoms with Crippen LogP contribution in [0.3, 0.4) is 0 Å². The molecule has 0 spiro atoms. The van der Waals surface area contributed by atoms with Crippen LogP contribution < -0.4 is 6.15 Å². The van der Waals surface area contributed by atoms with E-state index in [4.69, 9.17) is 0 Å². The molecule has 0 amide bonds. The van der Waals surface area contributed by atoms with E-state index in [0.29, 0.717) is 0 Å². The summed E-state index contributed by atoms with van der Waals surface area (Å²) in [6, 6.07) is 0. The van der Waals surface area contributed by atoms with E-state index in [9.17, 15) is 25.2 Å². The fourth-order valence-electron chi connectivity index (χ4n) is 2.64. The molecule has 0 fully saturated rings. The zero-order valence-electron chi connectivity index (χ0n) is 16.4. The predicted molar refractivity (Wildman–Crippen MR) is 98.0 cm³/mol. The van der Waals surface area contributed by atoms with Gasteiger partial charge in [0.15, 0.2) is 0 Å². The topological polar surface area (TPSA) is 35.0 Å². The number of unbranched alkanes of at least 4 members (excludes halogenated alkanes) is 4. The number of hydrogen-bond donors (Lipinski definition) is 1. The SMILES string of the molecule is CCCC[N+](CCCC)(CCCC)CCCC.F[P-](F)(F)(F)(F)F.N. The number of nitrogens with zero attached hydrogens (tertiary/aromatic N) is 1. The third-order valence-electron chi connectivity index (χ3n) is 3.94. The van der Waals surface area contributed by atoms with E-state index in [1.165, 1.54) is 82.0 Å². The van der Waals surface area contributed by atoms with Gasteiger partial charge in [-0.1, -0.05) is 53.4 Å². The van der Waals surface area contributed by atoms with Crippen LogP contribution in [0.15, 0.2) is 0 Å². The molecule has 0 radical (unpaired) electrons. The Morgan fingerprint density at radius 1 is 0.520 bits per heavy atom. The molecule has 2 nitrogen and oxygen atoms in total. The molecule has 0 aromatic carbocycles. The van der Waals surface area contributed by atoms with Crippen LogP contribution in [-0.4, -0.2) is 30.7 Å². The second-order valence-electron chi connectivity index (χ2n) is 6.61. The molecule has 0 aliphatic carbocycles. The molecule has 9 heteroatoms. The molecule has 0 aliphatic heterocycles. The predicted octanol–water partition coefficient (Wildman–Crippen LogP) is 8.55. The Balaban J connectivity index is -0.000000513. The van der Waals surface area contributed by atoms with Crippen molar-refractivity contribution < 1.29 is 29.7 Å². The van der Waals surface area contributed by atoms with Gasteiger partial charge in [0.25, 0.3) is 0 Å². The first-order valence-corrected chi connectivity index (χ1v) is 11.1. The Morgan fingerprint density at radius 2 is 0.680 bits per heavy atom. The van der Waals surface area contributed by atoms with Crippen molar-refractivity contribution in [2.75, 3.05) is 26.2 Å². The minimum atomic E-state index is -10.7. The quantitative estimate of drug-likeness (QED) is 0.197. The van der Waals surface area contributed by atoms with Gasteiger partial charge in [-0.2, -0.15) is 0 Å². The van der Waals surface area contributed by atoms with Crippen LogP contribution in [0, 0.1) is 0 Å². The maximum atomic E-state index is 9.87. The summed E-state index contributed by atoms with van der Waals surface area (Å²) in [6.07, 6.45) is 11.1. The molecule has 0 rings (SSSR count). The first-order valence-electron chi connectivity index (χ1n) is 9.11. The molecule has 0 heterocycles. The van der Waals surface area contributed by atoms with Gasteiger partial charge in [-0.3, -0.25) is 0 Å². The van der Waals surface area contributed by atoms with Gasteiger partial charge in [-0.15, -0.1) is 0 Å². The minimum absolute atomic E-state index is 0. The van der Waals surface area contributed by atoms with Crippen LogP contribution in [-0.2, 0) is 0 Å². The van der Waals surface area contributed by atoms with E-state index in [-0.39, 0.29) is 6.15 Å². The second kappa shape index (κ2) is 11.6. The summed E-state index contributed by atoms with van der Waals surface area (Å²) in [5.74, 6) is 0. The Labute approximate surface area is 149 Å².